The van der Waals surface area contributed by atoms with Crippen molar-refractivity contribution in [2.45, 2.75) is 20.0 Å². The molecule has 3 rings (SSSR count). The summed E-state index contributed by atoms with van der Waals surface area (Å²) in [7, 11) is 0. The van der Waals surface area contributed by atoms with Gasteiger partial charge in [-0.3, -0.25) is 9.59 Å². The highest BCUT2D eigenvalue weighted by atomic mass is 16.5. The van der Waals surface area contributed by atoms with Crippen molar-refractivity contribution in [2.75, 3.05) is 10.6 Å². The maximum absolute atomic E-state index is 12.3. The first kappa shape index (κ1) is 19.2. The van der Waals surface area contributed by atoms with E-state index >= 15 is 0 Å². The molecule has 142 valence electrons. The smallest absolute Gasteiger partial charge is 0.265 e. The Morgan fingerprint density at radius 1 is 0.786 bits per heavy atom. The zero-order valence-corrected chi connectivity index (χ0v) is 15.8. The lowest BCUT2D eigenvalue weighted by Crippen LogP contribution is -2.30. The van der Waals surface area contributed by atoms with Crippen LogP contribution in [0.3, 0.4) is 0 Å². The second-order valence-electron chi connectivity index (χ2n) is 6.46. The molecule has 2 N–H and O–H groups in total. The molecular weight excluding hydrogens is 352 g/mol. The summed E-state index contributed by atoms with van der Waals surface area (Å²) in [4.78, 5) is 24.5. The van der Waals surface area contributed by atoms with Gasteiger partial charge in [-0.25, -0.2) is 0 Å². The van der Waals surface area contributed by atoms with Crippen LogP contribution in [0.4, 0.5) is 11.4 Å². The lowest BCUT2D eigenvalue weighted by atomic mass is 10.2. The van der Waals surface area contributed by atoms with E-state index in [-0.39, 0.29) is 11.8 Å². The van der Waals surface area contributed by atoms with Crippen molar-refractivity contribution < 1.29 is 14.3 Å². The van der Waals surface area contributed by atoms with Gasteiger partial charge < -0.3 is 15.4 Å². The Balaban J connectivity index is 1.56. The van der Waals surface area contributed by atoms with Crippen molar-refractivity contribution in [1.82, 2.24) is 0 Å². The van der Waals surface area contributed by atoms with Crippen LogP contribution in [-0.2, 0) is 4.79 Å². The highest BCUT2D eigenvalue weighted by molar-refractivity contribution is 6.04. The molecule has 28 heavy (non-hydrogen) atoms. The first-order valence-electron chi connectivity index (χ1n) is 9.02. The van der Waals surface area contributed by atoms with E-state index in [0.717, 1.165) is 11.3 Å². The predicted molar refractivity (Wildman–Crippen MR) is 111 cm³/mol. The lowest BCUT2D eigenvalue weighted by molar-refractivity contribution is -0.122. The number of carbonyl (C=O) groups excluding carboxylic acids is 2. The van der Waals surface area contributed by atoms with Gasteiger partial charge in [-0.1, -0.05) is 35.9 Å². The number of hydrogen-bond acceptors (Lipinski definition) is 3. The van der Waals surface area contributed by atoms with Gasteiger partial charge in [-0.05, 0) is 62.4 Å². The van der Waals surface area contributed by atoms with Crippen LogP contribution in [0.15, 0.2) is 78.9 Å². The summed E-state index contributed by atoms with van der Waals surface area (Å²) in [5.41, 5.74) is 3.09. The lowest BCUT2D eigenvalue weighted by Gasteiger charge is -2.15. The van der Waals surface area contributed by atoms with Crippen molar-refractivity contribution in [1.29, 1.82) is 0 Å². The minimum Gasteiger partial charge on any atom is -0.481 e. The largest absolute Gasteiger partial charge is 0.481 e. The molecule has 3 aromatic carbocycles. The monoisotopic (exact) mass is 374 g/mol. The highest BCUT2D eigenvalue weighted by Crippen LogP contribution is 2.17. The Hall–Kier alpha value is -3.60. The number of ether oxygens (including phenoxy) is 1. The maximum atomic E-state index is 12.3. The molecule has 3 aromatic rings. The third kappa shape index (κ3) is 5.20. The topological polar surface area (TPSA) is 67.4 Å². The molecule has 5 nitrogen and oxygen atoms in total. The van der Waals surface area contributed by atoms with Gasteiger partial charge in [0, 0.05) is 16.9 Å². The normalized spacial score (nSPS) is 11.4. The van der Waals surface area contributed by atoms with Gasteiger partial charge in [-0.15, -0.1) is 0 Å². The highest BCUT2D eigenvalue weighted by Gasteiger charge is 2.15. The van der Waals surface area contributed by atoms with E-state index in [1.807, 2.05) is 61.5 Å². The van der Waals surface area contributed by atoms with Crippen LogP contribution >= 0.6 is 0 Å². The van der Waals surface area contributed by atoms with E-state index < -0.39 is 6.10 Å². The summed E-state index contributed by atoms with van der Waals surface area (Å²) in [6, 6.07) is 23.5. The fraction of sp³-hybridized carbons (Fsp3) is 0.130. The Morgan fingerprint density at radius 3 is 2.04 bits per heavy atom. The molecule has 0 aliphatic heterocycles. The average Bonchev–Trinajstić information content (AvgIpc) is 2.71. The van der Waals surface area contributed by atoms with Gasteiger partial charge in [0.25, 0.3) is 11.8 Å². The van der Waals surface area contributed by atoms with E-state index in [1.165, 1.54) is 0 Å². The van der Waals surface area contributed by atoms with E-state index in [4.69, 9.17) is 4.74 Å². The van der Waals surface area contributed by atoms with Crippen molar-refractivity contribution in [3.63, 3.8) is 0 Å². The molecule has 0 unspecified atom stereocenters. The number of benzene rings is 3. The molecule has 0 aliphatic rings. The Morgan fingerprint density at radius 2 is 1.39 bits per heavy atom. The number of carbonyl (C=O) groups is 2. The summed E-state index contributed by atoms with van der Waals surface area (Å²) in [5, 5.41) is 5.64. The molecule has 0 heterocycles. The van der Waals surface area contributed by atoms with Crippen molar-refractivity contribution in [3.8, 4) is 5.75 Å². The Kier molecular flexibility index (Phi) is 6.07. The molecule has 0 fully saturated rings. The predicted octanol–water partition coefficient (Wildman–Crippen LogP) is 4.65. The molecule has 5 heteroatoms. The first-order valence-corrected chi connectivity index (χ1v) is 9.02. The zero-order valence-electron chi connectivity index (χ0n) is 15.8. The Labute approximate surface area is 164 Å². The fourth-order valence-electron chi connectivity index (χ4n) is 2.55. The second-order valence-corrected chi connectivity index (χ2v) is 6.46. The van der Waals surface area contributed by atoms with Crippen LogP contribution in [0, 0.1) is 6.92 Å². The molecule has 0 aliphatic carbocycles. The van der Waals surface area contributed by atoms with Crippen LogP contribution < -0.4 is 15.4 Å². The van der Waals surface area contributed by atoms with Gasteiger partial charge in [0.05, 0.1) is 0 Å². The molecule has 0 saturated carbocycles. The van der Waals surface area contributed by atoms with Gasteiger partial charge in [-0.2, -0.15) is 0 Å². The summed E-state index contributed by atoms with van der Waals surface area (Å²) >= 11 is 0. The van der Waals surface area contributed by atoms with Gasteiger partial charge in [0.15, 0.2) is 6.10 Å². The van der Waals surface area contributed by atoms with E-state index in [2.05, 4.69) is 10.6 Å². The van der Waals surface area contributed by atoms with Crippen LogP contribution in [0.2, 0.25) is 0 Å². The third-order valence-electron chi connectivity index (χ3n) is 4.15. The van der Waals surface area contributed by atoms with Crippen molar-refractivity contribution in [3.05, 3.63) is 90.0 Å². The molecule has 0 aromatic heterocycles. The van der Waals surface area contributed by atoms with E-state index in [0.29, 0.717) is 17.0 Å². The molecule has 0 saturated heterocycles. The summed E-state index contributed by atoms with van der Waals surface area (Å²) in [6.45, 7) is 3.67. The van der Waals surface area contributed by atoms with Gasteiger partial charge >= 0.3 is 0 Å². The number of aryl methyl sites for hydroxylation is 1. The van der Waals surface area contributed by atoms with E-state index in [1.54, 1.807) is 31.2 Å². The SMILES string of the molecule is Cc1ccc(NC(=O)c2ccc(O[C@@H](C)C(=O)Nc3ccccc3)cc2)cc1. The molecule has 1 atom stereocenters. The van der Waals surface area contributed by atoms with Gasteiger partial charge in [0.2, 0.25) is 0 Å². The minimum atomic E-state index is -0.674. The fourth-order valence-corrected chi connectivity index (χ4v) is 2.55. The molecule has 0 bridgehead atoms. The van der Waals surface area contributed by atoms with Crippen LogP contribution in [0.5, 0.6) is 5.75 Å². The number of amides is 2. The van der Waals surface area contributed by atoms with Crippen molar-refractivity contribution >= 4 is 23.2 Å². The third-order valence-corrected chi connectivity index (χ3v) is 4.15. The zero-order chi connectivity index (χ0) is 19.9. The Bertz CT molecular complexity index is 936. The number of hydrogen-bond donors (Lipinski definition) is 2. The van der Waals surface area contributed by atoms with E-state index in [9.17, 15) is 9.59 Å². The number of nitrogens with one attached hydrogen (secondary N) is 2. The second kappa shape index (κ2) is 8.86. The van der Waals surface area contributed by atoms with Crippen LogP contribution in [0.25, 0.3) is 0 Å². The van der Waals surface area contributed by atoms with Crippen LogP contribution in [0.1, 0.15) is 22.8 Å². The number of para-hydroxylation sites is 1. The quantitative estimate of drug-likeness (QED) is 0.660. The van der Waals surface area contributed by atoms with Crippen molar-refractivity contribution in [2.24, 2.45) is 0 Å². The standard InChI is InChI=1S/C23H22N2O3/c1-16-8-12-20(13-9-16)25-23(27)18-10-14-21(15-11-18)28-17(2)22(26)24-19-6-4-3-5-7-19/h3-15,17H,1-2H3,(H,24,26)(H,25,27)/t17-/m0/s1. The first-order chi connectivity index (χ1) is 13.5. The maximum Gasteiger partial charge on any atom is 0.265 e. The number of rotatable bonds is 6. The summed E-state index contributed by atoms with van der Waals surface area (Å²) < 4.78 is 5.67. The molecular formula is C23H22N2O3. The summed E-state index contributed by atoms with van der Waals surface area (Å²) in [5.74, 6) is 0.0697. The average molecular weight is 374 g/mol. The summed E-state index contributed by atoms with van der Waals surface area (Å²) in [6.07, 6.45) is -0.674. The molecule has 0 spiro atoms. The minimum absolute atomic E-state index is 0.203. The number of anilines is 2. The molecule has 0 radical (unpaired) electrons. The molecule has 2 amide bonds. The van der Waals surface area contributed by atoms with Gasteiger partial charge in [0.1, 0.15) is 5.75 Å². The van der Waals surface area contributed by atoms with Crippen LogP contribution in [-0.4, -0.2) is 17.9 Å².